The van der Waals surface area contributed by atoms with E-state index in [0.717, 1.165) is 13.0 Å². The molecule has 4 nitrogen and oxygen atoms in total. The van der Waals surface area contributed by atoms with Gasteiger partial charge in [-0.2, -0.15) is 4.31 Å². The molecule has 0 aromatic heterocycles. The van der Waals surface area contributed by atoms with Gasteiger partial charge in [0, 0.05) is 29.7 Å². The first-order valence-electron chi connectivity index (χ1n) is 5.56. The molecule has 1 fully saturated rings. The van der Waals surface area contributed by atoms with Gasteiger partial charge < -0.3 is 5.32 Å². The van der Waals surface area contributed by atoms with E-state index >= 15 is 0 Å². The summed E-state index contributed by atoms with van der Waals surface area (Å²) in [6.45, 7) is 1.50. The SMILES string of the molecule is CN(C1CCNC1)S(=O)(=O)c1cc(Cl)cc(Cl)c1.Cl. The van der Waals surface area contributed by atoms with Gasteiger partial charge in [-0.15, -0.1) is 12.4 Å². The third-order valence-electron chi connectivity index (χ3n) is 3.06. The van der Waals surface area contributed by atoms with Crippen LogP contribution in [0.1, 0.15) is 6.42 Å². The maximum absolute atomic E-state index is 12.4. The lowest BCUT2D eigenvalue weighted by Crippen LogP contribution is -2.38. The van der Waals surface area contributed by atoms with Crippen LogP contribution in [0.2, 0.25) is 10.0 Å². The number of benzene rings is 1. The first-order valence-corrected chi connectivity index (χ1v) is 7.76. The number of rotatable bonds is 3. The number of nitrogens with zero attached hydrogens (tertiary/aromatic N) is 1. The Kier molecular flexibility index (Phi) is 5.92. The largest absolute Gasteiger partial charge is 0.315 e. The average molecular weight is 346 g/mol. The Labute approximate surface area is 129 Å². The van der Waals surface area contributed by atoms with Crippen LogP contribution in [0.15, 0.2) is 23.1 Å². The van der Waals surface area contributed by atoms with Gasteiger partial charge in [-0.25, -0.2) is 8.42 Å². The molecule has 0 radical (unpaired) electrons. The molecule has 19 heavy (non-hydrogen) atoms. The van der Waals surface area contributed by atoms with Gasteiger partial charge in [-0.1, -0.05) is 23.2 Å². The highest BCUT2D eigenvalue weighted by Crippen LogP contribution is 2.25. The van der Waals surface area contributed by atoms with Crippen LogP contribution < -0.4 is 5.32 Å². The number of hydrogen-bond donors (Lipinski definition) is 1. The fourth-order valence-electron chi connectivity index (χ4n) is 1.99. The lowest BCUT2D eigenvalue weighted by Gasteiger charge is -2.23. The smallest absolute Gasteiger partial charge is 0.243 e. The third kappa shape index (κ3) is 3.74. The summed E-state index contributed by atoms with van der Waals surface area (Å²) in [6, 6.07) is 4.33. The van der Waals surface area contributed by atoms with Crippen molar-refractivity contribution in [1.29, 1.82) is 0 Å². The zero-order valence-electron chi connectivity index (χ0n) is 10.3. The van der Waals surface area contributed by atoms with Crippen LogP contribution in [0.3, 0.4) is 0 Å². The summed E-state index contributed by atoms with van der Waals surface area (Å²) in [5, 5.41) is 3.78. The minimum atomic E-state index is -3.54. The van der Waals surface area contributed by atoms with Crippen LogP contribution in [0, 0.1) is 0 Å². The predicted molar refractivity (Wildman–Crippen MR) is 79.9 cm³/mol. The molecule has 0 bridgehead atoms. The molecular formula is C11H15Cl3N2O2S. The monoisotopic (exact) mass is 344 g/mol. The fourth-order valence-corrected chi connectivity index (χ4v) is 4.10. The van der Waals surface area contributed by atoms with Crippen LogP contribution in [-0.4, -0.2) is 38.9 Å². The molecule has 1 aliphatic heterocycles. The highest BCUT2D eigenvalue weighted by Gasteiger charge is 2.30. The summed E-state index contributed by atoms with van der Waals surface area (Å²) >= 11 is 11.7. The Hall–Kier alpha value is -0.0400. The van der Waals surface area contributed by atoms with Gasteiger partial charge in [0.2, 0.25) is 10.0 Å². The molecule has 0 amide bonds. The van der Waals surface area contributed by atoms with Crippen molar-refractivity contribution >= 4 is 45.6 Å². The van der Waals surface area contributed by atoms with Crippen molar-refractivity contribution in [1.82, 2.24) is 9.62 Å². The Morgan fingerprint density at radius 2 is 1.84 bits per heavy atom. The van der Waals surface area contributed by atoms with E-state index in [1.165, 1.54) is 22.5 Å². The van der Waals surface area contributed by atoms with Crippen LogP contribution in [-0.2, 0) is 10.0 Å². The Morgan fingerprint density at radius 3 is 2.32 bits per heavy atom. The number of halogens is 3. The number of hydrogen-bond acceptors (Lipinski definition) is 3. The van der Waals surface area contributed by atoms with E-state index in [0.29, 0.717) is 16.6 Å². The molecule has 1 aliphatic rings. The van der Waals surface area contributed by atoms with E-state index in [9.17, 15) is 8.42 Å². The fraction of sp³-hybridized carbons (Fsp3) is 0.455. The Balaban J connectivity index is 0.00000180. The lowest BCUT2D eigenvalue weighted by atomic mass is 10.3. The number of sulfonamides is 1. The highest BCUT2D eigenvalue weighted by atomic mass is 35.5. The second-order valence-corrected chi connectivity index (χ2v) is 7.14. The van der Waals surface area contributed by atoms with Gasteiger partial charge in [0.1, 0.15) is 0 Å². The minimum Gasteiger partial charge on any atom is -0.315 e. The van der Waals surface area contributed by atoms with E-state index in [2.05, 4.69) is 5.32 Å². The van der Waals surface area contributed by atoms with E-state index in [1.807, 2.05) is 0 Å². The van der Waals surface area contributed by atoms with E-state index in [4.69, 9.17) is 23.2 Å². The topological polar surface area (TPSA) is 49.4 Å². The Morgan fingerprint density at radius 1 is 1.26 bits per heavy atom. The highest BCUT2D eigenvalue weighted by molar-refractivity contribution is 7.89. The van der Waals surface area contributed by atoms with Crippen molar-refractivity contribution in [2.45, 2.75) is 17.4 Å². The summed E-state index contributed by atoms with van der Waals surface area (Å²) in [5.41, 5.74) is 0. The first kappa shape index (κ1) is 17.0. The predicted octanol–water partition coefficient (Wildman–Crippen LogP) is 2.40. The molecule has 0 aliphatic carbocycles. The summed E-state index contributed by atoms with van der Waals surface area (Å²) < 4.78 is 26.2. The lowest BCUT2D eigenvalue weighted by molar-refractivity contribution is 0.388. The maximum atomic E-state index is 12.4. The van der Waals surface area contributed by atoms with Crippen LogP contribution in [0.25, 0.3) is 0 Å². The normalized spacial score (nSPS) is 19.5. The molecular weight excluding hydrogens is 331 g/mol. The van der Waals surface area contributed by atoms with E-state index in [1.54, 1.807) is 7.05 Å². The van der Waals surface area contributed by atoms with Gasteiger partial charge in [0.15, 0.2) is 0 Å². The van der Waals surface area contributed by atoms with Crippen LogP contribution in [0.4, 0.5) is 0 Å². The zero-order chi connectivity index (χ0) is 13.3. The average Bonchev–Trinajstić information content (AvgIpc) is 2.79. The molecule has 1 aromatic carbocycles. The molecule has 1 saturated heterocycles. The van der Waals surface area contributed by atoms with Crippen LogP contribution in [0.5, 0.6) is 0 Å². The van der Waals surface area contributed by atoms with E-state index < -0.39 is 10.0 Å². The summed E-state index contributed by atoms with van der Waals surface area (Å²) in [5.74, 6) is 0. The standard InChI is InChI=1S/C11H14Cl2N2O2S.ClH/c1-15(10-2-3-14-7-10)18(16,17)11-5-8(12)4-9(13)6-11;/h4-6,10,14H,2-3,7H2,1H3;1H. The molecule has 8 heteroatoms. The number of likely N-dealkylation sites (N-methyl/N-ethyl adjacent to an activating group) is 1. The second-order valence-electron chi connectivity index (χ2n) is 4.27. The number of nitrogens with one attached hydrogen (secondary N) is 1. The Bertz CT molecular complexity index is 525. The van der Waals surface area contributed by atoms with Crippen molar-refractivity contribution in [2.75, 3.05) is 20.1 Å². The molecule has 1 N–H and O–H groups in total. The van der Waals surface area contributed by atoms with E-state index in [-0.39, 0.29) is 23.3 Å². The molecule has 1 aromatic rings. The molecule has 0 saturated carbocycles. The molecule has 2 rings (SSSR count). The first-order chi connectivity index (χ1) is 8.41. The zero-order valence-corrected chi connectivity index (χ0v) is 13.4. The quantitative estimate of drug-likeness (QED) is 0.915. The van der Waals surface area contributed by atoms with Gasteiger partial charge in [0.05, 0.1) is 4.90 Å². The summed E-state index contributed by atoms with van der Waals surface area (Å²) in [7, 11) is -1.96. The molecule has 1 unspecified atom stereocenters. The summed E-state index contributed by atoms with van der Waals surface area (Å²) in [6.07, 6.45) is 0.810. The summed E-state index contributed by atoms with van der Waals surface area (Å²) in [4.78, 5) is 0.134. The van der Waals surface area contributed by atoms with Crippen LogP contribution >= 0.6 is 35.6 Å². The van der Waals surface area contributed by atoms with Gasteiger partial charge in [0.25, 0.3) is 0 Å². The van der Waals surface area contributed by atoms with Gasteiger partial charge in [-0.05, 0) is 31.2 Å². The maximum Gasteiger partial charge on any atom is 0.243 e. The van der Waals surface area contributed by atoms with Gasteiger partial charge in [-0.3, -0.25) is 0 Å². The van der Waals surface area contributed by atoms with Crippen molar-refractivity contribution in [2.24, 2.45) is 0 Å². The molecule has 0 spiro atoms. The molecule has 1 heterocycles. The van der Waals surface area contributed by atoms with Crippen molar-refractivity contribution in [3.63, 3.8) is 0 Å². The van der Waals surface area contributed by atoms with Crippen molar-refractivity contribution < 1.29 is 8.42 Å². The van der Waals surface area contributed by atoms with Crippen molar-refractivity contribution in [3.8, 4) is 0 Å². The second kappa shape index (κ2) is 6.61. The van der Waals surface area contributed by atoms with Gasteiger partial charge >= 0.3 is 0 Å². The molecule has 108 valence electrons. The van der Waals surface area contributed by atoms with Crippen molar-refractivity contribution in [3.05, 3.63) is 28.2 Å². The third-order valence-corrected chi connectivity index (χ3v) is 5.39. The molecule has 1 atom stereocenters. The minimum absolute atomic E-state index is 0.